The number of nitrogens with zero attached hydrogens (tertiary/aromatic N) is 2. The zero-order valence-corrected chi connectivity index (χ0v) is 21.7. The zero-order valence-electron chi connectivity index (χ0n) is 21.7. The van der Waals surface area contributed by atoms with Crippen LogP contribution in [0.4, 0.5) is 11.4 Å². The summed E-state index contributed by atoms with van der Waals surface area (Å²) in [6.45, 7) is 7.06. The number of ether oxygens (including phenoxy) is 4. The van der Waals surface area contributed by atoms with Crippen LogP contribution >= 0.6 is 0 Å². The van der Waals surface area contributed by atoms with E-state index in [0.717, 1.165) is 46.7 Å². The van der Waals surface area contributed by atoms with Gasteiger partial charge < -0.3 is 28.7 Å². The van der Waals surface area contributed by atoms with Gasteiger partial charge in [0.25, 0.3) is 0 Å². The molecular weight excluding hydrogens is 492 g/mol. The average Bonchev–Trinajstić information content (AvgIpc) is 3.16. The first-order valence-electron chi connectivity index (χ1n) is 12.7. The molecule has 0 amide bonds. The smallest absolute Gasteiger partial charge is 0.317 e. The van der Waals surface area contributed by atoms with Gasteiger partial charge >= 0.3 is 23.9 Å². The van der Waals surface area contributed by atoms with Crippen molar-refractivity contribution in [2.45, 2.75) is 53.0 Å². The number of benzene rings is 2. The summed E-state index contributed by atoms with van der Waals surface area (Å²) < 4.78 is 20.1. The number of carbonyl (C=O) groups excluding carboxylic acids is 4. The molecule has 0 fully saturated rings. The number of fused-ring (bicyclic) bond motifs is 7. The lowest BCUT2D eigenvalue weighted by Gasteiger charge is -2.28. The molecule has 0 spiro atoms. The second-order valence-corrected chi connectivity index (χ2v) is 9.05. The van der Waals surface area contributed by atoms with E-state index >= 15 is 0 Å². The lowest BCUT2D eigenvalue weighted by molar-refractivity contribution is -0.156. The van der Waals surface area contributed by atoms with Gasteiger partial charge in [-0.3, -0.25) is 19.2 Å². The third-order valence-corrected chi connectivity index (χ3v) is 6.32. The van der Waals surface area contributed by atoms with Crippen LogP contribution in [-0.4, -0.2) is 50.2 Å². The number of rotatable bonds is 10. The minimum Gasteiger partial charge on any atom is -0.466 e. The van der Waals surface area contributed by atoms with Crippen LogP contribution in [0.2, 0.25) is 0 Å². The summed E-state index contributed by atoms with van der Waals surface area (Å²) in [5, 5.41) is 0. The van der Waals surface area contributed by atoms with Gasteiger partial charge in [0.1, 0.15) is 26.1 Å². The molecule has 0 N–H and O–H groups in total. The van der Waals surface area contributed by atoms with E-state index in [1.165, 1.54) is 0 Å². The summed E-state index contributed by atoms with van der Waals surface area (Å²) in [6.07, 6.45) is -0.798. The van der Waals surface area contributed by atoms with E-state index in [0.29, 0.717) is 13.1 Å². The number of hydrogen-bond donors (Lipinski definition) is 0. The molecule has 2 heterocycles. The Morgan fingerprint density at radius 1 is 0.632 bits per heavy atom. The summed E-state index contributed by atoms with van der Waals surface area (Å²) in [5.41, 5.74) is 6.19. The average molecular weight is 525 g/mol. The molecule has 2 aliphatic rings. The molecule has 2 aliphatic heterocycles. The molecule has 4 rings (SSSR count). The van der Waals surface area contributed by atoms with Crippen molar-refractivity contribution in [1.82, 2.24) is 0 Å². The molecule has 38 heavy (non-hydrogen) atoms. The molecule has 0 aromatic heterocycles. The fourth-order valence-electron chi connectivity index (χ4n) is 4.64. The minimum absolute atomic E-state index is 0.0837. The van der Waals surface area contributed by atoms with Crippen molar-refractivity contribution in [3.63, 3.8) is 0 Å². The predicted molar refractivity (Wildman–Crippen MR) is 137 cm³/mol. The van der Waals surface area contributed by atoms with Gasteiger partial charge in [-0.1, -0.05) is 12.1 Å². The fourth-order valence-corrected chi connectivity index (χ4v) is 4.64. The first-order chi connectivity index (χ1) is 18.4. The highest BCUT2D eigenvalue weighted by atomic mass is 16.6. The van der Waals surface area contributed by atoms with Crippen molar-refractivity contribution < 1.29 is 38.1 Å². The van der Waals surface area contributed by atoms with Crippen LogP contribution in [0.1, 0.15) is 48.9 Å². The van der Waals surface area contributed by atoms with Gasteiger partial charge in [-0.2, -0.15) is 0 Å². The summed E-state index contributed by atoms with van der Waals surface area (Å²) >= 11 is 0. The molecule has 0 aliphatic carbocycles. The van der Waals surface area contributed by atoms with Crippen LogP contribution in [0.25, 0.3) is 0 Å². The first-order valence-corrected chi connectivity index (χ1v) is 12.7. The molecule has 2 aromatic carbocycles. The van der Waals surface area contributed by atoms with Gasteiger partial charge in [0.2, 0.25) is 0 Å². The van der Waals surface area contributed by atoms with Crippen LogP contribution < -0.4 is 9.80 Å². The van der Waals surface area contributed by atoms with Crippen molar-refractivity contribution >= 4 is 35.3 Å². The molecule has 2 aromatic rings. The molecule has 10 nitrogen and oxygen atoms in total. The van der Waals surface area contributed by atoms with Crippen molar-refractivity contribution in [3.05, 3.63) is 58.7 Å². The summed E-state index contributed by atoms with van der Waals surface area (Å²) in [6, 6.07) is 12.0. The highest BCUT2D eigenvalue weighted by Gasteiger charge is 2.27. The number of esters is 4. The third-order valence-electron chi connectivity index (χ3n) is 6.32. The summed E-state index contributed by atoms with van der Waals surface area (Å²) in [5.74, 6) is -2.41. The monoisotopic (exact) mass is 524 g/mol. The van der Waals surface area contributed by atoms with Crippen LogP contribution in [0.15, 0.2) is 36.4 Å². The molecule has 0 saturated heterocycles. The largest absolute Gasteiger partial charge is 0.466 e. The molecule has 0 atom stereocenters. The lowest BCUT2D eigenvalue weighted by atomic mass is 10.0. The molecule has 10 heteroatoms. The Labute approximate surface area is 221 Å². The van der Waals surface area contributed by atoms with Gasteiger partial charge in [0, 0.05) is 37.6 Å². The Balaban J connectivity index is 1.41. The van der Waals surface area contributed by atoms with E-state index in [4.69, 9.17) is 18.9 Å². The summed E-state index contributed by atoms with van der Waals surface area (Å²) in [4.78, 5) is 51.5. The van der Waals surface area contributed by atoms with Crippen molar-refractivity contribution in [2.24, 2.45) is 0 Å². The summed E-state index contributed by atoms with van der Waals surface area (Å²) in [7, 11) is 0. The second kappa shape index (κ2) is 12.4. The Morgan fingerprint density at radius 2 is 1.03 bits per heavy atom. The van der Waals surface area contributed by atoms with Crippen LogP contribution in [-0.2, 0) is 64.4 Å². The van der Waals surface area contributed by atoms with E-state index < -0.39 is 36.7 Å². The number of anilines is 2. The third kappa shape index (κ3) is 6.81. The van der Waals surface area contributed by atoms with Crippen molar-refractivity contribution in [3.8, 4) is 0 Å². The highest BCUT2D eigenvalue weighted by Crippen LogP contribution is 2.36. The Hall–Kier alpha value is -4.08. The van der Waals surface area contributed by atoms with Crippen LogP contribution in [0, 0.1) is 0 Å². The molecule has 0 radical (unpaired) electrons. The lowest BCUT2D eigenvalue weighted by Crippen LogP contribution is -2.26. The fraction of sp³-hybridized carbons (Fsp3) is 0.429. The zero-order chi connectivity index (χ0) is 27.1. The second-order valence-electron chi connectivity index (χ2n) is 9.05. The van der Waals surface area contributed by atoms with Gasteiger partial charge in [0.05, 0.1) is 13.2 Å². The molecule has 0 saturated carbocycles. The van der Waals surface area contributed by atoms with Crippen LogP contribution in [0.3, 0.4) is 0 Å². The topological polar surface area (TPSA) is 112 Å². The molecule has 0 unspecified atom stereocenters. The maximum absolute atomic E-state index is 11.9. The van der Waals surface area contributed by atoms with E-state index in [-0.39, 0.29) is 26.4 Å². The van der Waals surface area contributed by atoms with Gasteiger partial charge in [-0.15, -0.1) is 0 Å². The standard InChI is InChI=1S/C28H32N2O8/c1-3-35-25(31)13-27(33)37-17-19-5-7-23-21(11-19)15-29-9-10-30(23)16-22-12-20(6-8-24(22)29)18-38-28(34)14-26(32)36-4-2/h5-8,11-12H,3-4,9-10,13-18H2,1-2H3. The number of carbonyl (C=O) groups is 4. The van der Waals surface area contributed by atoms with E-state index in [1.54, 1.807) is 13.8 Å². The maximum Gasteiger partial charge on any atom is 0.317 e. The molecule has 2 bridgehead atoms. The molecule has 202 valence electrons. The number of hydrogen-bond acceptors (Lipinski definition) is 10. The SMILES string of the molecule is CCOC(=O)CC(=O)OCc1ccc2c(c1)CN1CCN2Cc2cc(COC(=O)CC(=O)OCC)ccc21. The van der Waals surface area contributed by atoms with E-state index in [1.807, 2.05) is 36.4 Å². The molecular formula is C28H32N2O8. The Bertz CT molecular complexity index is 1120. The minimum atomic E-state index is -0.612. The highest BCUT2D eigenvalue weighted by molar-refractivity contribution is 5.91. The maximum atomic E-state index is 11.9. The van der Waals surface area contributed by atoms with Gasteiger partial charge in [0.15, 0.2) is 0 Å². The quantitative estimate of drug-likeness (QED) is 0.261. The first kappa shape index (κ1) is 27.0. The Morgan fingerprint density at radius 3 is 1.42 bits per heavy atom. The van der Waals surface area contributed by atoms with E-state index in [2.05, 4.69) is 9.80 Å². The Kier molecular flexibility index (Phi) is 8.83. The van der Waals surface area contributed by atoms with E-state index in [9.17, 15) is 19.2 Å². The van der Waals surface area contributed by atoms with Gasteiger partial charge in [-0.05, 0) is 60.4 Å². The van der Waals surface area contributed by atoms with Gasteiger partial charge in [-0.25, -0.2) is 0 Å². The van der Waals surface area contributed by atoms with Crippen LogP contribution in [0.5, 0.6) is 0 Å². The normalized spacial score (nSPS) is 13.5. The predicted octanol–water partition coefficient (Wildman–Crippen LogP) is 3.02. The van der Waals surface area contributed by atoms with Crippen molar-refractivity contribution in [1.29, 1.82) is 0 Å². The van der Waals surface area contributed by atoms with Crippen molar-refractivity contribution in [2.75, 3.05) is 36.1 Å².